The molecule has 32 heavy (non-hydrogen) atoms. The fourth-order valence-electron chi connectivity index (χ4n) is 3.08. The van der Waals surface area contributed by atoms with Gasteiger partial charge in [0.05, 0.1) is 10.6 Å². The number of anilines is 2. The van der Waals surface area contributed by atoms with Gasteiger partial charge in [-0.05, 0) is 68.3 Å². The Labute approximate surface area is 186 Å². The first-order valence-electron chi connectivity index (χ1n) is 10.4. The van der Waals surface area contributed by atoms with Crippen LogP contribution in [0.25, 0.3) is 11.4 Å². The number of sulfonamides is 1. The van der Waals surface area contributed by atoms with E-state index in [1.165, 1.54) is 12.1 Å². The van der Waals surface area contributed by atoms with Crippen LogP contribution in [-0.2, 0) is 21.2 Å². The van der Waals surface area contributed by atoms with Crippen molar-refractivity contribution in [3.63, 3.8) is 0 Å². The van der Waals surface area contributed by atoms with Crippen LogP contribution in [-0.4, -0.2) is 31.0 Å². The Kier molecular flexibility index (Phi) is 5.98. The van der Waals surface area contributed by atoms with E-state index in [9.17, 15) is 13.2 Å². The Morgan fingerprint density at radius 3 is 2.56 bits per heavy atom. The number of rotatable bonds is 9. The molecule has 0 aliphatic heterocycles. The van der Waals surface area contributed by atoms with Crippen molar-refractivity contribution < 1.29 is 17.7 Å². The number of benzene rings is 2. The summed E-state index contributed by atoms with van der Waals surface area (Å²) in [5, 5.41) is 6.77. The van der Waals surface area contributed by atoms with Gasteiger partial charge in [-0.25, -0.2) is 8.42 Å². The van der Waals surface area contributed by atoms with Crippen LogP contribution in [0.15, 0.2) is 57.9 Å². The molecule has 1 amide bonds. The molecule has 1 aliphatic rings. The van der Waals surface area contributed by atoms with Crippen molar-refractivity contribution in [3.05, 3.63) is 54.4 Å². The lowest BCUT2D eigenvalue weighted by molar-refractivity contribution is -0.120. The van der Waals surface area contributed by atoms with Crippen LogP contribution in [0.3, 0.4) is 0 Å². The highest BCUT2D eigenvalue weighted by atomic mass is 32.2. The molecule has 0 bridgehead atoms. The predicted octanol–water partition coefficient (Wildman–Crippen LogP) is 3.17. The van der Waals surface area contributed by atoms with Gasteiger partial charge in [0.15, 0.2) is 0 Å². The molecule has 3 aromatic rings. The number of carbonyl (C=O) groups is 1. The SMILES string of the molecule is CC1(C(=O)Nc2cccc(NS(=O)(=O)c3ccc(-c4noc(CCCN)n4)cc3)c2)CC1. The standard InChI is InChI=1S/C22H25N5O4S/c1-22(11-12-22)21(28)24-16-4-2-5-17(14-16)27-32(29,30)18-9-7-15(8-10-18)20-25-19(31-26-20)6-3-13-23/h2,4-5,7-10,14,27H,3,6,11-13,23H2,1H3,(H,24,28). The quantitative estimate of drug-likeness (QED) is 0.450. The number of amides is 1. The third kappa shape index (κ3) is 4.97. The van der Waals surface area contributed by atoms with Gasteiger partial charge < -0.3 is 15.6 Å². The third-order valence-corrected chi connectivity index (χ3v) is 6.80. The molecule has 10 heteroatoms. The summed E-state index contributed by atoms with van der Waals surface area (Å²) in [6.07, 6.45) is 3.06. The zero-order valence-corrected chi connectivity index (χ0v) is 18.5. The monoisotopic (exact) mass is 455 g/mol. The van der Waals surface area contributed by atoms with Gasteiger partial charge in [-0.2, -0.15) is 4.98 Å². The highest BCUT2D eigenvalue weighted by Gasteiger charge is 2.44. The third-order valence-electron chi connectivity index (χ3n) is 5.41. The topological polar surface area (TPSA) is 140 Å². The molecule has 0 saturated heterocycles. The van der Waals surface area contributed by atoms with Crippen LogP contribution in [0.5, 0.6) is 0 Å². The Morgan fingerprint density at radius 2 is 1.88 bits per heavy atom. The largest absolute Gasteiger partial charge is 0.339 e. The molecule has 4 rings (SSSR count). The molecule has 2 aromatic carbocycles. The first-order chi connectivity index (χ1) is 15.3. The summed E-state index contributed by atoms with van der Waals surface area (Å²) in [7, 11) is -3.82. The Morgan fingerprint density at radius 1 is 1.16 bits per heavy atom. The molecular formula is C22H25N5O4S. The number of nitrogens with zero attached hydrogens (tertiary/aromatic N) is 2. The summed E-state index contributed by atoms with van der Waals surface area (Å²) in [5.74, 6) is 0.828. The number of aromatic nitrogens is 2. The van der Waals surface area contributed by atoms with Gasteiger partial charge in [0.2, 0.25) is 17.6 Å². The Balaban J connectivity index is 1.45. The van der Waals surface area contributed by atoms with E-state index in [0.29, 0.717) is 41.6 Å². The fourth-order valence-corrected chi connectivity index (χ4v) is 4.13. The second-order valence-corrected chi connectivity index (χ2v) is 9.81. The molecule has 1 aliphatic carbocycles. The van der Waals surface area contributed by atoms with E-state index in [1.807, 2.05) is 6.92 Å². The molecule has 9 nitrogen and oxygen atoms in total. The number of hydrogen-bond acceptors (Lipinski definition) is 7. The summed E-state index contributed by atoms with van der Waals surface area (Å²) in [5.41, 5.74) is 6.71. The van der Waals surface area contributed by atoms with Crippen molar-refractivity contribution in [2.45, 2.75) is 37.5 Å². The maximum Gasteiger partial charge on any atom is 0.261 e. The minimum absolute atomic E-state index is 0.0549. The van der Waals surface area contributed by atoms with E-state index < -0.39 is 10.0 Å². The first-order valence-corrected chi connectivity index (χ1v) is 11.8. The van der Waals surface area contributed by atoms with Crippen molar-refractivity contribution in [2.75, 3.05) is 16.6 Å². The van der Waals surface area contributed by atoms with Crippen molar-refractivity contribution in [3.8, 4) is 11.4 Å². The molecule has 0 spiro atoms. The number of carbonyl (C=O) groups excluding carboxylic acids is 1. The van der Waals surface area contributed by atoms with Crippen LogP contribution in [0.4, 0.5) is 11.4 Å². The highest BCUT2D eigenvalue weighted by molar-refractivity contribution is 7.92. The van der Waals surface area contributed by atoms with Gasteiger partial charge in [-0.15, -0.1) is 0 Å². The van der Waals surface area contributed by atoms with Gasteiger partial charge >= 0.3 is 0 Å². The summed E-state index contributed by atoms with van der Waals surface area (Å²) in [6.45, 7) is 2.44. The van der Waals surface area contributed by atoms with Crippen LogP contribution in [0.2, 0.25) is 0 Å². The lowest BCUT2D eigenvalue weighted by Crippen LogP contribution is -2.21. The van der Waals surface area contributed by atoms with Crippen molar-refractivity contribution in [2.24, 2.45) is 11.1 Å². The van der Waals surface area contributed by atoms with Gasteiger partial charge in [0.1, 0.15) is 0 Å². The second-order valence-electron chi connectivity index (χ2n) is 8.13. The van der Waals surface area contributed by atoms with Gasteiger partial charge in [-0.3, -0.25) is 9.52 Å². The molecule has 0 radical (unpaired) electrons. The molecule has 0 unspecified atom stereocenters. The highest BCUT2D eigenvalue weighted by Crippen LogP contribution is 2.45. The van der Waals surface area contributed by atoms with E-state index in [1.54, 1.807) is 36.4 Å². The number of hydrogen-bond donors (Lipinski definition) is 3. The zero-order valence-electron chi connectivity index (χ0n) is 17.7. The van der Waals surface area contributed by atoms with E-state index in [2.05, 4.69) is 20.2 Å². The number of nitrogens with one attached hydrogen (secondary N) is 2. The predicted molar refractivity (Wildman–Crippen MR) is 120 cm³/mol. The average Bonchev–Trinajstić information content (AvgIpc) is 3.35. The second kappa shape index (κ2) is 8.71. The normalized spacial score (nSPS) is 14.7. The van der Waals surface area contributed by atoms with Crippen LogP contribution in [0.1, 0.15) is 32.1 Å². The lowest BCUT2D eigenvalue weighted by atomic mass is 10.1. The molecular weight excluding hydrogens is 430 g/mol. The van der Waals surface area contributed by atoms with Crippen molar-refractivity contribution in [1.29, 1.82) is 0 Å². The number of aryl methyl sites for hydroxylation is 1. The fraction of sp³-hybridized carbons (Fsp3) is 0.318. The smallest absolute Gasteiger partial charge is 0.261 e. The Bertz CT molecular complexity index is 1220. The molecule has 4 N–H and O–H groups in total. The molecule has 1 saturated carbocycles. The van der Waals surface area contributed by atoms with E-state index in [-0.39, 0.29) is 16.2 Å². The summed E-state index contributed by atoms with van der Waals surface area (Å²) in [4.78, 5) is 16.6. The molecule has 168 valence electrons. The van der Waals surface area contributed by atoms with Crippen molar-refractivity contribution in [1.82, 2.24) is 10.1 Å². The molecule has 0 atom stereocenters. The minimum atomic E-state index is -3.82. The summed E-state index contributed by atoms with van der Waals surface area (Å²) in [6, 6.07) is 12.8. The maximum absolute atomic E-state index is 12.8. The molecule has 1 fully saturated rings. The molecule has 1 aromatic heterocycles. The molecule has 1 heterocycles. The van der Waals surface area contributed by atoms with E-state index in [4.69, 9.17) is 10.3 Å². The van der Waals surface area contributed by atoms with Gasteiger partial charge in [0.25, 0.3) is 10.0 Å². The average molecular weight is 456 g/mol. The van der Waals surface area contributed by atoms with Gasteiger partial charge in [-0.1, -0.05) is 18.1 Å². The summed E-state index contributed by atoms with van der Waals surface area (Å²) < 4.78 is 33.4. The van der Waals surface area contributed by atoms with Gasteiger partial charge in [0, 0.05) is 23.1 Å². The van der Waals surface area contributed by atoms with E-state index >= 15 is 0 Å². The lowest BCUT2D eigenvalue weighted by Gasteiger charge is -2.12. The number of nitrogens with two attached hydrogens (primary N) is 1. The summed E-state index contributed by atoms with van der Waals surface area (Å²) >= 11 is 0. The maximum atomic E-state index is 12.8. The van der Waals surface area contributed by atoms with Crippen LogP contribution >= 0.6 is 0 Å². The van der Waals surface area contributed by atoms with Crippen molar-refractivity contribution >= 4 is 27.3 Å². The minimum Gasteiger partial charge on any atom is -0.339 e. The van der Waals surface area contributed by atoms with E-state index in [0.717, 1.165) is 19.3 Å². The van der Waals surface area contributed by atoms with Crippen LogP contribution < -0.4 is 15.8 Å². The Hall–Kier alpha value is -3.24. The van der Waals surface area contributed by atoms with Crippen LogP contribution in [0, 0.1) is 5.41 Å². The first kappa shape index (κ1) is 22.0. The zero-order chi connectivity index (χ0) is 22.8.